The van der Waals surface area contributed by atoms with Gasteiger partial charge in [0.1, 0.15) is 5.82 Å². The van der Waals surface area contributed by atoms with Gasteiger partial charge in [-0.05, 0) is 50.9 Å². The number of aryl methyl sites for hydroxylation is 1. The van der Waals surface area contributed by atoms with E-state index in [2.05, 4.69) is 46.1 Å². The fourth-order valence-electron chi connectivity index (χ4n) is 2.76. The molecule has 3 rings (SSSR count). The second-order valence-corrected chi connectivity index (χ2v) is 4.97. The topological polar surface area (TPSA) is 29.9 Å². The minimum Gasteiger partial charge on any atom is -0.328 e. The van der Waals surface area contributed by atoms with Crippen molar-refractivity contribution in [3.05, 3.63) is 30.1 Å². The van der Waals surface area contributed by atoms with E-state index in [9.17, 15) is 0 Å². The van der Waals surface area contributed by atoms with Crippen molar-refractivity contribution in [1.29, 1.82) is 0 Å². The average Bonchev–Trinajstić information content (AvgIpc) is 2.68. The molecule has 17 heavy (non-hydrogen) atoms. The van der Waals surface area contributed by atoms with Crippen LogP contribution in [-0.2, 0) is 6.54 Å². The summed E-state index contributed by atoms with van der Waals surface area (Å²) in [5, 5.41) is 3.48. The molecule has 1 aliphatic rings. The number of hydrogen-bond donors (Lipinski definition) is 1. The lowest BCUT2D eigenvalue weighted by molar-refractivity contribution is 0.338. The number of hydrogen-bond acceptors (Lipinski definition) is 2. The normalized spacial score (nSPS) is 20.9. The van der Waals surface area contributed by atoms with Gasteiger partial charge in [0.15, 0.2) is 0 Å². The molecule has 1 atom stereocenters. The van der Waals surface area contributed by atoms with Gasteiger partial charge in [0.25, 0.3) is 0 Å². The molecule has 3 heteroatoms. The summed E-state index contributed by atoms with van der Waals surface area (Å²) in [5.41, 5.74) is 2.39. The van der Waals surface area contributed by atoms with E-state index in [0.717, 1.165) is 30.3 Å². The van der Waals surface area contributed by atoms with E-state index in [4.69, 9.17) is 0 Å². The smallest absolute Gasteiger partial charge is 0.106 e. The van der Waals surface area contributed by atoms with Crippen molar-refractivity contribution in [2.24, 2.45) is 5.92 Å². The van der Waals surface area contributed by atoms with Gasteiger partial charge in [-0.25, -0.2) is 4.98 Å². The quantitative estimate of drug-likeness (QED) is 0.856. The molecule has 1 fully saturated rings. The third-order valence-electron chi connectivity index (χ3n) is 3.69. The number of fused-ring (bicyclic) bond motifs is 1. The van der Waals surface area contributed by atoms with Crippen LogP contribution in [0.4, 0.5) is 0 Å². The molecular formula is C14H19N3. The summed E-state index contributed by atoms with van der Waals surface area (Å²) in [5.74, 6) is 1.89. The highest BCUT2D eigenvalue weighted by molar-refractivity contribution is 5.75. The number of imidazole rings is 1. The van der Waals surface area contributed by atoms with E-state index in [1.54, 1.807) is 0 Å². The molecule has 1 N–H and O–H groups in total. The lowest BCUT2D eigenvalue weighted by Crippen LogP contribution is -2.32. The number of nitrogens with zero attached hydrogens (tertiary/aromatic N) is 2. The first-order valence-electron chi connectivity index (χ1n) is 6.47. The first-order valence-corrected chi connectivity index (χ1v) is 6.47. The Hall–Kier alpha value is -1.35. The number of benzene rings is 1. The van der Waals surface area contributed by atoms with Crippen LogP contribution in [-0.4, -0.2) is 22.6 Å². The molecule has 3 nitrogen and oxygen atoms in total. The molecule has 1 aromatic heterocycles. The lowest BCUT2D eigenvalue weighted by Gasteiger charge is -2.23. The van der Waals surface area contributed by atoms with Crippen molar-refractivity contribution in [2.45, 2.75) is 26.3 Å². The van der Waals surface area contributed by atoms with E-state index in [-0.39, 0.29) is 0 Å². The summed E-state index contributed by atoms with van der Waals surface area (Å²) >= 11 is 0. The van der Waals surface area contributed by atoms with Gasteiger partial charge >= 0.3 is 0 Å². The predicted molar refractivity (Wildman–Crippen MR) is 70.1 cm³/mol. The highest BCUT2D eigenvalue weighted by Gasteiger charge is 2.16. The second kappa shape index (κ2) is 4.49. The highest BCUT2D eigenvalue weighted by atomic mass is 15.1. The van der Waals surface area contributed by atoms with E-state index in [1.807, 2.05) is 0 Å². The van der Waals surface area contributed by atoms with Gasteiger partial charge in [0, 0.05) is 6.54 Å². The van der Waals surface area contributed by atoms with Crippen molar-refractivity contribution in [1.82, 2.24) is 14.9 Å². The van der Waals surface area contributed by atoms with Crippen LogP contribution < -0.4 is 5.32 Å². The van der Waals surface area contributed by atoms with E-state index in [0.29, 0.717) is 0 Å². The summed E-state index contributed by atoms with van der Waals surface area (Å²) in [6.45, 7) is 5.53. The van der Waals surface area contributed by atoms with E-state index in [1.165, 1.54) is 24.9 Å². The summed E-state index contributed by atoms with van der Waals surface area (Å²) in [6.07, 6.45) is 2.63. The van der Waals surface area contributed by atoms with Gasteiger partial charge in [-0.3, -0.25) is 0 Å². The molecule has 0 aliphatic carbocycles. The predicted octanol–water partition coefficient (Wildman–Crippen LogP) is 2.34. The molecule has 0 saturated carbocycles. The highest BCUT2D eigenvalue weighted by Crippen LogP contribution is 2.19. The monoisotopic (exact) mass is 229 g/mol. The number of para-hydroxylation sites is 2. The molecule has 2 heterocycles. The molecule has 1 unspecified atom stereocenters. The number of piperidine rings is 1. The SMILES string of the molecule is Cc1nc2ccccc2n1CC1CCCNC1. The number of rotatable bonds is 2. The van der Waals surface area contributed by atoms with Crippen LogP contribution in [0.15, 0.2) is 24.3 Å². The van der Waals surface area contributed by atoms with Gasteiger partial charge in [0.05, 0.1) is 11.0 Å². The Bertz CT molecular complexity index is 509. The fourth-order valence-corrected chi connectivity index (χ4v) is 2.76. The molecule has 0 radical (unpaired) electrons. The molecule has 0 spiro atoms. The maximum atomic E-state index is 4.62. The van der Waals surface area contributed by atoms with Gasteiger partial charge in [-0.1, -0.05) is 12.1 Å². The third-order valence-corrected chi connectivity index (χ3v) is 3.69. The molecule has 1 aromatic carbocycles. The summed E-state index contributed by atoms with van der Waals surface area (Å²) in [6, 6.07) is 8.42. The van der Waals surface area contributed by atoms with Crippen molar-refractivity contribution >= 4 is 11.0 Å². The van der Waals surface area contributed by atoms with Crippen molar-refractivity contribution in [3.8, 4) is 0 Å². The number of aromatic nitrogens is 2. The minimum absolute atomic E-state index is 0.750. The van der Waals surface area contributed by atoms with Crippen LogP contribution in [0.1, 0.15) is 18.7 Å². The molecule has 0 bridgehead atoms. The first-order chi connectivity index (χ1) is 8.34. The van der Waals surface area contributed by atoms with Gasteiger partial charge in [0.2, 0.25) is 0 Å². The minimum atomic E-state index is 0.750. The second-order valence-electron chi connectivity index (χ2n) is 4.97. The Labute approximate surface area is 102 Å². The van der Waals surface area contributed by atoms with Gasteiger partial charge in [-0.15, -0.1) is 0 Å². The van der Waals surface area contributed by atoms with Gasteiger partial charge in [-0.2, -0.15) is 0 Å². The van der Waals surface area contributed by atoms with Gasteiger partial charge < -0.3 is 9.88 Å². The lowest BCUT2D eigenvalue weighted by atomic mass is 9.99. The van der Waals surface area contributed by atoms with Crippen LogP contribution in [0.25, 0.3) is 11.0 Å². The van der Waals surface area contributed by atoms with E-state index < -0.39 is 0 Å². The Morgan fingerprint density at radius 3 is 3.12 bits per heavy atom. The fraction of sp³-hybridized carbons (Fsp3) is 0.500. The maximum absolute atomic E-state index is 4.62. The molecule has 0 amide bonds. The zero-order chi connectivity index (χ0) is 11.7. The van der Waals surface area contributed by atoms with Crippen LogP contribution in [0.3, 0.4) is 0 Å². The number of nitrogens with one attached hydrogen (secondary N) is 1. The van der Waals surface area contributed by atoms with E-state index >= 15 is 0 Å². The molecule has 2 aromatic rings. The first kappa shape index (κ1) is 10.8. The van der Waals surface area contributed by atoms with Crippen LogP contribution in [0.5, 0.6) is 0 Å². The Morgan fingerprint density at radius 1 is 1.41 bits per heavy atom. The summed E-state index contributed by atoms with van der Waals surface area (Å²) < 4.78 is 2.37. The molecule has 1 aliphatic heterocycles. The Kier molecular flexibility index (Phi) is 2.85. The van der Waals surface area contributed by atoms with Crippen molar-refractivity contribution in [3.63, 3.8) is 0 Å². The van der Waals surface area contributed by atoms with Crippen molar-refractivity contribution in [2.75, 3.05) is 13.1 Å². The molecule has 1 saturated heterocycles. The Morgan fingerprint density at radius 2 is 2.29 bits per heavy atom. The van der Waals surface area contributed by atoms with Crippen LogP contribution in [0.2, 0.25) is 0 Å². The summed E-state index contributed by atoms with van der Waals surface area (Å²) in [7, 11) is 0. The summed E-state index contributed by atoms with van der Waals surface area (Å²) in [4.78, 5) is 4.62. The largest absolute Gasteiger partial charge is 0.328 e. The Balaban J connectivity index is 1.90. The maximum Gasteiger partial charge on any atom is 0.106 e. The van der Waals surface area contributed by atoms with Crippen molar-refractivity contribution < 1.29 is 0 Å². The molecular weight excluding hydrogens is 210 g/mol. The average molecular weight is 229 g/mol. The third kappa shape index (κ3) is 2.07. The zero-order valence-corrected chi connectivity index (χ0v) is 10.3. The standard InChI is InChI=1S/C14H19N3/c1-11-16-13-6-2-3-7-14(13)17(11)10-12-5-4-8-15-9-12/h2-3,6-7,12,15H,4-5,8-10H2,1H3. The zero-order valence-electron chi connectivity index (χ0n) is 10.3. The van der Waals surface area contributed by atoms with Crippen LogP contribution in [0, 0.1) is 12.8 Å². The van der Waals surface area contributed by atoms with Crippen LogP contribution >= 0.6 is 0 Å². The molecule has 90 valence electrons.